The number of nitrogens with one attached hydrogen (secondary N) is 2. The van der Waals surface area contributed by atoms with Crippen LogP contribution in [0, 0.1) is 10.8 Å². The number of amides is 1. The van der Waals surface area contributed by atoms with Gasteiger partial charge in [-0.3, -0.25) is 16.1 Å². The van der Waals surface area contributed by atoms with E-state index in [0.717, 1.165) is 12.1 Å². The van der Waals surface area contributed by atoms with E-state index in [4.69, 9.17) is 15.4 Å². The highest BCUT2D eigenvalue weighted by atomic mass is 19.4. The lowest BCUT2D eigenvalue weighted by Crippen LogP contribution is -2.66. The van der Waals surface area contributed by atoms with Gasteiger partial charge in [0, 0.05) is 24.1 Å². The maximum absolute atomic E-state index is 12.6. The molecule has 2 aromatic rings. The molecule has 1 saturated heterocycles. The first kappa shape index (κ1) is 26.3. The Hall–Kier alpha value is -3.31. The molecule has 0 aliphatic carbocycles. The van der Waals surface area contributed by atoms with Crippen LogP contribution in [0.2, 0.25) is 0 Å². The number of aliphatic hydroxyl groups is 1. The van der Waals surface area contributed by atoms with Crippen LogP contribution in [0.4, 0.5) is 18.0 Å². The third-order valence-electron chi connectivity index (χ3n) is 5.79. The number of carbonyl (C=O) groups excluding carboxylic acids is 1. The van der Waals surface area contributed by atoms with Crippen molar-refractivity contribution in [3.8, 4) is 5.75 Å². The van der Waals surface area contributed by atoms with Crippen molar-refractivity contribution >= 4 is 11.9 Å². The fourth-order valence-corrected chi connectivity index (χ4v) is 4.21. The molecule has 11 heteroatoms. The van der Waals surface area contributed by atoms with Gasteiger partial charge >= 0.3 is 12.5 Å². The smallest absolute Gasteiger partial charge is 0.444 e. The number of nitrogens with zero attached hydrogens (tertiary/aromatic N) is 1. The molecule has 0 aromatic heterocycles. The van der Waals surface area contributed by atoms with Crippen LogP contribution in [-0.2, 0) is 10.3 Å². The maximum atomic E-state index is 12.6. The van der Waals surface area contributed by atoms with Gasteiger partial charge in [0.2, 0.25) is 0 Å². The van der Waals surface area contributed by atoms with Crippen LogP contribution >= 0.6 is 0 Å². The highest BCUT2D eigenvalue weighted by Gasteiger charge is 2.58. The summed E-state index contributed by atoms with van der Waals surface area (Å²) in [5.74, 6) is -0.755. The fraction of sp³-hybridized carbons (Fsp3) is 0.417. The van der Waals surface area contributed by atoms with Gasteiger partial charge < -0.3 is 19.5 Å². The predicted molar refractivity (Wildman–Crippen MR) is 120 cm³/mol. The maximum Gasteiger partial charge on any atom is 0.573 e. The minimum atomic E-state index is -4.86. The van der Waals surface area contributed by atoms with E-state index in [0.29, 0.717) is 5.56 Å². The molecule has 1 aliphatic heterocycles. The van der Waals surface area contributed by atoms with Crippen molar-refractivity contribution in [1.82, 2.24) is 10.4 Å². The number of benzene rings is 2. The Morgan fingerprint density at radius 3 is 2.20 bits per heavy atom. The summed E-state index contributed by atoms with van der Waals surface area (Å²) in [7, 11) is 0. The average Bonchev–Trinajstić information content (AvgIpc) is 2.74. The normalized spacial score (nSPS) is 17.1. The molecule has 0 saturated carbocycles. The Balaban J connectivity index is 2.02. The van der Waals surface area contributed by atoms with Crippen molar-refractivity contribution < 1.29 is 37.8 Å². The van der Waals surface area contributed by atoms with Crippen LogP contribution in [0.1, 0.15) is 44.4 Å². The Bertz CT molecular complexity index is 1090. The second kappa shape index (κ2) is 9.04. The van der Waals surface area contributed by atoms with Crippen LogP contribution < -0.4 is 10.2 Å². The summed E-state index contributed by atoms with van der Waals surface area (Å²) < 4.78 is 47.2. The molecule has 0 radical (unpaired) electrons. The Morgan fingerprint density at radius 2 is 1.69 bits per heavy atom. The Kier molecular flexibility index (Phi) is 6.80. The lowest BCUT2D eigenvalue weighted by Gasteiger charge is -2.56. The molecule has 3 rings (SSSR count). The molecule has 8 nitrogen and oxygen atoms in total. The molecular weight excluding hydrogens is 467 g/mol. The number of ether oxygens (including phenoxy) is 2. The van der Waals surface area contributed by atoms with E-state index in [1.807, 2.05) is 0 Å². The lowest BCUT2D eigenvalue weighted by molar-refractivity contribution is -0.274. The van der Waals surface area contributed by atoms with Crippen molar-refractivity contribution in [3.05, 3.63) is 65.2 Å². The van der Waals surface area contributed by atoms with E-state index in [1.54, 1.807) is 51.4 Å². The van der Waals surface area contributed by atoms with Gasteiger partial charge in [-0.2, -0.15) is 0 Å². The number of alkyl halides is 3. The van der Waals surface area contributed by atoms with E-state index < -0.39 is 34.8 Å². The zero-order chi connectivity index (χ0) is 26.2. The number of hydrogen-bond donors (Lipinski definition) is 4. The van der Waals surface area contributed by atoms with Gasteiger partial charge in [-0.15, -0.1) is 13.2 Å². The summed E-state index contributed by atoms with van der Waals surface area (Å²) in [6, 6.07) is 11.1. The van der Waals surface area contributed by atoms with Gasteiger partial charge in [-0.25, -0.2) is 4.79 Å². The summed E-state index contributed by atoms with van der Waals surface area (Å²) in [6.07, 6.45) is -5.41. The lowest BCUT2D eigenvalue weighted by atomic mass is 9.62. The van der Waals surface area contributed by atoms with Crippen LogP contribution in [0.5, 0.6) is 5.75 Å². The van der Waals surface area contributed by atoms with E-state index in [-0.39, 0.29) is 30.1 Å². The van der Waals surface area contributed by atoms with E-state index in [2.05, 4.69) is 4.74 Å². The molecule has 2 aromatic carbocycles. The summed E-state index contributed by atoms with van der Waals surface area (Å²) in [4.78, 5) is 14.0. The Labute approximate surface area is 200 Å². The molecule has 190 valence electrons. The highest BCUT2D eigenvalue weighted by Crippen LogP contribution is 2.51. The number of halogens is 3. The van der Waals surface area contributed by atoms with Gasteiger partial charge in [0.15, 0.2) is 0 Å². The number of rotatable bonds is 5. The standard InChI is InChI=1S/C24H28F3N3O5/c1-21(2,3)35-20(31)30-13-22(4,14-30)23(32,17-7-5-6-15(12-17)19(28)29-33)16-8-10-18(11-9-16)34-24(25,26)27/h5-12,32-33H,13-14H2,1-4H3,(H2,28,29). The third-order valence-corrected chi connectivity index (χ3v) is 5.79. The predicted octanol–water partition coefficient (Wildman–Crippen LogP) is 4.38. The molecule has 4 N–H and O–H groups in total. The van der Waals surface area contributed by atoms with Crippen LogP contribution in [0.3, 0.4) is 0 Å². The van der Waals surface area contributed by atoms with Crippen molar-refractivity contribution in [3.63, 3.8) is 0 Å². The minimum absolute atomic E-state index is 0.0964. The summed E-state index contributed by atoms with van der Waals surface area (Å²) in [5, 5.41) is 29.1. The number of carbonyl (C=O) groups is 1. The van der Waals surface area contributed by atoms with E-state index in [1.165, 1.54) is 23.1 Å². The number of hydrogen-bond acceptors (Lipinski definition) is 6. The second-order valence-corrected chi connectivity index (χ2v) is 9.75. The molecule has 1 aliphatic rings. The third kappa shape index (κ3) is 5.51. The molecule has 1 unspecified atom stereocenters. The van der Waals surface area contributed by atoms with Crippen LogP contribution in [0.15, 0.2) is 48.5 Å². The molecule has 1 heterocycles. The number of likely N-dealkylation sites (tertiary alicyclic amines) is 1. The number of hydroxylamine groups is 1. The highest BCUT2D eigenvalue weighted by molar-refractivity contribution is 5.95. The van der Waals surface area contributed by atoms with Gasteiger partial charge in [-0.1, -0.05) is 37.3 Å². The second-order valence-electron chi connectivity index (χ2n) is 9.75. The molecule has 1 fully saturated rings. The summed E-state index contributed by atoms with van der Waals surface area (Å²) in [6.45, 7) is 7.15. The Morgan fingerprint density at radius 1 is 1.09 bits per heavy atom. The van der Waals surface area contributed by atoms with Gasteiger partial charge in [0.05, 0.1) is 0 Å². The quantitative estimate of drug-likeness (QED) is 0.278. The molecule has 0 spiro atoms. The molecule has 0 bridgehead atoms. The van der Waals surface area contributed by atoms with Crippen LogP contribution in [-0.4, -0.2) is 52.2 Å². The fourth-order valence-electron chi connectivity index (χ4n) is 4.21. The zero-order valence-electron chi connectivity index (χ0n) is 19.7. The van der Waals surface area contributed by atoms with Crippen molar-refractivity contribution in [2.24, 2.45) is 5.41 Å². The molecule has 1 atom stereocenters. The largest absolute Gasteiger partial charge is 0.573 e. The molecular formula is C24H28F3N3O5. The SMILES string of the molecule is CC(C)(C)OC(=O)N1CC(C)(C(O)(c2ccc(OC(F)(F)F)cc2)c2cccc(C(=N)NO)c2)C1. The molecule has 35 heavy (non-hydrogen) atoms. The first-order valence-corrected chi connectivity index (χ1v) is 10.7. The van der Waals surface area contributed by atoms with Crippen molar-refractivity contribution in [2.45, 2.75) is 45.3 Å². The first-order chi connectivity index (χ1) is 16.1. The van der Waals surface area contributed by atoms with Gasteiger partial charge in [0.25, 0.3) is 0 Å². The van der Waals surface area contributed by atoms with E-state index >= 15 is 0 Å². The van der Waals surface area contributed by atoms with Gasteiger partial charge in [-0.05, 0) is 50.1 Å². The van der Waals surface area contributed by atoms with Crippen LogP contribution in [0.25, 0.3) is 0 Å². The minimum Gasteiger partial charge on any atom is -0.444 e. The molecule has 1 amide bonds. The van der Waals surface area contributed by atoms with Crippen molar-refractivity contribution in [1.29, 1.82) is 5.41 Å². The first-order valence-electron chi connectivity index (χ1n) is 10.7. The van der Waals surface area contributed by atoms with Gasteiger partial charge in [0.1, 0.15) is 22.8 Å². The zero-order valence-corrected chi connectivity index (χ0v) is 19.7. The van der Waals surface area contributed by atoms with Crippen molar-refractivity contribution in [2.75, 3.05) is 13.1 Å². The summed E-state index contributed by atoms with van der Waals surface area (Å²) in [5.41, 5.74) is -0.854. The topological polar surface area (TPSA) is 115 Å². The summed E-state index contributed by atoms with van der Waals surface area (Å²) >= 11 is 0. The monoisotopic (exact) mass is 495 g/mol. The van der Waals surface area contributed by atoms with E-state index in [9.17, 15) is 23.1 Å². The number of amidine groups is 1. The average molecular weight is 495 g/mol.